The van der Waals surface area contributed by atoms with E-state index in [-0.39, 0.29) is 16.9 Å². The number of nitro benzene ring substituents is 1. The van der Waals surface area contributed by atoms with Crippen molar-refractivity contribution >= 4 is 23.6 Å². The molecule has 2 aromatic carbocycles. The number of non-ortho nitro benzene ring substituents is 1. The quantitative estimate of drug-likeness (QED) is 0.481. The Labute approximate surface area is 157 Å². The maximum atomic E-state index is 12.6. The molecule has 0 saturated carbocycles. The molecule has 0 atom stereocenters. The Hall–Kier alpha value is -3.48. The van der Waals surface area contributed by atoms with Gasteiger partial charge in [-0.1, -0.05) is 30.3 Å². The molecule has 0 spiro atoms. The second-order valence-electron chi connectivity index (χ2n) is 6.93. The van der Waals surface area contributed by atoms with Crippen molar-refractivity contribution in [2.45, 2.75) is 26.3 Å². The molecule has 140 valence electrons. The van der Waals surface area contributed by atoms with Crippen LogP contribution in [0, 0.1) is 10.1 Å². The number of nitro groups is 1. The predicted octanol–water partition coefficient (Wildman–Crippen LogP) is 3.28. The van der Waals surface area contributed by atoms with Crippen molar-refractivity contribution in [2.75, 3.05) is 0 Å². The number of nitrogens with zero attached hydrogens (tertiary/aromatic N) is 1. The number of rotatable bonds is 5. The normalized spacial score (nSPS) is 11.6. The fraction of sp³-hybridized carbons (Fsp3) is 0.200. The highest BCUT2D eigenvalue weighted by molar-refractivity contribution is 6.05. The lowest BCUT2D eigenvalue weighted by Crippen LogP contribution is -2.44. The van der Waals surface area contributed by atoms with Crippen LogP contribution in [0.2, 0.25) is 0 Å². The lowest BCUT2D eigenvalue weighted by atomic mass is 10.1. The fourth-order valence-electron chi connectivity index (χ4n) is 2.21. The molecule has 7 nitrogen and oxygen atoms in total. The Morgan fingerprint density at radius 2 is 1.59 bits per heavy atom. The van der Waals surface area contributed by atoms with Crippen molar-refractivity contribution in [3.05, 3.63) is 81.5 Å². The van der Waals surface area contributed by atoms with Gasteiger partial charge in [0, 0.05) is 23.2 Å². The minimum atomic E-state index is -0.542. The summed E-state index contributed by atoms with van der Waals surface area (Å²) in [7, 11) is 0. The largest absolute Gasteiger partial charge is 0.346 e. The Morgan fingerprint density at radius 1 is 1.00 bits per heavy atom. The Kier molecular flexibility index (Phi) is 6.07. The minimum absolute atomic E-state index is 0.0828. The maximum Gasteiger partial charge on any atom is 0.269 e. The first-order valence-corrected chi connectivity index (χ1v) is 8.31. The maximum absolute atomic E-state index is 12.6. The summed E-state index contributed by atoms with van der Waals surface area (Å²) in [6.45, 7) is 5.51. The van der Waals surface area contributed by atoms with Crippen LogP contribution in [0.25, 0.3) is 6.08 Å². The first-order chi connectivity index (χ1) is 12.7. The van der Waals surface area contributed by atoms with E-state index in [0.717, 1.165) is 5.56 Å². The number of benzene rings is 2. The molecule has 0 radical (unpaired) electrons. The van der Waals surface area contributed by atoms with Crippen molar-refractivity contribution in [1.82, 2.24) is 10.6 Å². The van der Waals surface area contributed by atoms with Crippen molar-refractivity contribution in [3.8, 4) is 0 Å². The summed E-state index contributed by atoms with van der Waals surface area (Å²) in [5.41, 5.74) is 0.450. The monoisotopic (exact) mass is 367 g/mol. The number of carbonyl (C=O) groups is 2. The van der Waals surface area contributed by atoms with Gasteiger partial charge in [-0.05, 0) is 44.5 Å². The van der Waals surface area contributed by atoms with Gasteiger partial charge in [0.25, 0.3) is 17.5 Å². The topological polar surface area (TPSA) is 101 Å². The summed E-state index contributed by atoms with van der Waals surface area (Å²) in [4.78, 5) is 35.3. The van der Waals surface area contributed by atoms with Crippen LogP contribution in [0.3, 0.4) is 0 Å². The SMILES string of the molecule is CC(C)(C)NC(=O)/C(=C\c1ccccc1)NC(=O)c1ccc([N+](=O)[O-])cc1. The molecular weight excluding hydrogens is 346 g/mol. The van der Waals surface area contributed by atoms with Gasteiger partial charge in [0.2, 0.25) is 0 Å². The van der Waals surface area contributed by atoms with E-state index in [9.17, 15) is 19.7 Å². The van der Waals surface area contributed by atoms with Crippen molar-refractivity contribution in [1.29, 1.82) is 0 Å². The third-order valence-electron chi connectivity index (χ3n) is 3.43. The van der Waals surface area contributed by atoms with E-state index in [4.69, 9.17) is 0 Å². The Bertz CT molecular complexity index is 866. The van der Waals surface area contributed by atoms with Crippen molar-refractivity contribution in [2.24, 2.45) is 0 Å². The molecule has 0 bridgehead atoms. The van der Waals surface area contributed by atoms with Crippen LogP contribution in [0.1, 0.15) is 36.7 Å². The second kappa shape index (κ2) is 8.27. The van der Waals surface area contributed by atoms with Gasteiger partial charge >= 0.3 is 0 Å². The second-order valence-corrected chi connectivity index (χ2v) is 6.93. The molecule has 0 fully saturated rings. The van der Waals surface area contributed by atoms with Gasteiger partial charge in [-0.3, -0.25) is 19.7 Å². The predicted molar refractivity (Wildman–Crippen MR) is 103 cm³/mol. The zero-order valence-corrected chi connectivity index (χ0v) is 15.4. The molecule has 0 aliphatic heterocycles. The Morgan fingerprint density at radius 3 is 2.11 bits per heavy atom. The molecule has 0 heterocycles. The van der Waals surface area contributed by atoms with Crippen LogP contribution in [0.15, 0.2) is 60.3 Å². The molecule has 2 N–H and O–H groups in total. The van der Waals surface area contributed by atoms with E-state index in [1.807, 2.05) is 51.1 Å². The van der Waals surface area contributed by atoms with Gasteiger partial charge in [-0.15, -0.1) is 0 Å². The fourth-order valence-corrected chi connectivity index (χ4v) is 2.21. The van der Waals surface area contributed by atoms with Gasteiger partial charge in [0.05, 0.1) is 4.92 Å². The Balaban J connectivity index is 2.27. The van der Waals surface area contributed by atoms with Crippen LogP contribution in [-0.4, -0.2) is 22.3 Å². The number of carbonyl (C=O) groups excluding carboxylic acids is 2. The first-order valence-electron chi connectivity index (χ1n) is 8.31. The third kappa shape index (κ3) is 6.07. The standard InChI is InChI=1S/C20H21N3O4/c1-20(2,3)22-19(25)17(13-14-7-5-4-6-8-14)21-18(24)15-9-11-16(12-10-15)23(26)27/h4-13H,1-3H3,(H,21,24)(H,22,25)/b17-13+. The molecule has 0 unspecified atom stereocenters. The lowest BCUT2D eigenvalue weighted by molar-refractivity contribution is -0.384. The molecule has 2 amide bonds. The molecule has 0 saturated heterocycles. The molecule has 2 aromatic rings. The molecule has 0 aromatic heterocycles. The summed E-state index contributed by atoms with van der Waals surface area (Å²) in [6.07, 6.45) is 1.57. The van der Waals surface area contributed by atoms with Crippen LogP contribution in [-0.2, 0) is 4.79 Å². The zero-order valence-electron chi connectivity index (χ0n) is 15.4. The van der Waals surface area contributed by atoms with E-state index in [2.05, 4.69) is 10.6 Å². The van der Waals surface area contributed by atoms with Crippen molar-refractivity contribution < 1.29 is 14.5 Å². The van der Waals surface area contributed by atoms with Gasteiger partial charge in [-0.2, -0.15) is 0 Å². The van der Waals surface area contributed by atoms with Gasteiger partial charge < -0.3 is 10.6 Å². The summed E-state index contributed by atoms with van der Waals surface area (Å²) in [6, 6.07) is 14.3. The summed E-state index contributed by atoms with van der Waals surface area (Å²) >= 11 is 0. The van der Waals surface area contributed by atoms with E-state index >= 15 is 0 Å². The number of hydrogen-bond acceptors (Lipinski definition) is 4. The van der Waals surface area contributed by atoms with E-state index < -0.39 is 22.3 Å². The van der Waals surface area contributed by atoms with Crippen LogP contribution in [0.4, 0.5) is 5.69 Å². The van der Waals surface area contributed by atoms with Crippen LogP contribution >= 0.6 is 0 Å². The van der Waals surface area contributed by atoms with Gasteiger partial charge in [-0.25, -0.2) is 0 Å². The third-order valence-corrected chi connectivity index (χ3v) is 3.43. The minimum Gasteiger partial charge on any atom is -0.346 e. The van der Waals surface area contributed by atoms with E-state index in [0.29, 0.717) is 0 Å². The smallest absolute Gasteiger partial charge is 0.269 e. The van der Waals surface area contributed by atoms with E-state index in [1.54, 1.807) is 6.08 Å². The van der Waals surface area contributed by atoms with Gasteiger partial charge in [0.15, 0.2) is 0 Å². The molecule has 27 heavy (non-hydrogen) atoms. The van der Waals surface area contributed by atoms with Crippen LogP contribution < -0.4 is 10.6 Å². The zero-order chi connectivity index (χ0) is 20.0. The molecule has 7 heteroatoms. The average Bonchev–Trinajstić information content (AvgIpc) is 2.60. The highest BCUT2D eigenvalue weighted by Gasteiger charge is 2.20. The molecular formula is C20H21N3O4. The lowest BCUT2D eigenvalue weighted by Gasteiger charge is -2.22. The number of nitrogens with one attached hydrogen (secondary N) is 2. The highest BCUT2D eigenvalue weighted by atomic mass is 16.6. The number of hydrogen-bond donors (Lipinski definition) is 2. The van der Waals surface area contributed by atoms with Gasteiger partial charge in [0.1, 0.15) is 5.70 Å². The number of amides is 2. The molecule has 2 rings (SSSR count). The van der Waals surface area contributed by atoms with Crippen LogP contribution in [0.5, 0.6) is 0 Å². The van der Waals surface area contributed by atoms with Crippen molar-refractivity contribution in [3.63, 3.8) is 0 Å². The summed E-state index contributed by atoms with van der Waals surface area (Å²) in [5, 5.41) is 16.1. The summed E-state index contributed by atoms with van der Waals surface area (Å²) in [5.74, 6) is -0.960. The first kappa shape index (κ1) is 19.8. The molecule has 0 aliphatic rings. The van der Waals surface area contributed by atoms with E-state index in [1.165, 1.54) is 24.3 Å². The highest BCUT2D eigenvalue weighted by Crippen LogP contribution is 2.13. The summed E-state index contributed by atoms with van der Waals surface area (Å²) < 4.78 is 0. The molecule has 0 aliphatic carbocycles. The average molecular weight is 367 g/mol.